The zero-order valence-electron chi connectivity index (χ0n) is 12.8. The second-order valence-electron chi connectivity index (χ2n) is 5.10. The summed E-state index contributed by atoms with van der Waals surface area (Å²) in [7, 11) is 0. The molecule has 1 N–H and O–H groups in total. The monoisotopic (exact) mass is 414 g/mol. The molecule has 146 valence electrons. The fraction of sp³-hybridized carbons (Fsp3) is 0.571. The van der Waals surface area contributed by atoms with Gasteiger partial charge < -0.3 is 10.1 Å². The summed E-state index contributed by atoms with van der Waals surface area (Å²) in [6.45, 7) is 1.80. The molecule has 0 saturated carbocycles. The minimum Gasteiger partial charge on any atom is -0.428 e. The van der Waals surface area contributed by atoms with Gasteiger partial charge in [-0.15, -0.1) is 24.8 Å². The molecule has 1 atom stereocenters. The van der Waals surface area contributed by atoms with Crippen molar-refractivity contribution in [2.45, 2.75) is 25.0 Å². The summed E-state index contributed by atoms with van der Waals surface area (Å²) in [6.07, 6.45) is -11.4. The van der Waals surface area contributed by atoms with Crippen molar-refractivity contribution >= 4 is 24.8 Å². The summed E-state index contributed by atoms with van der Waals surface area (Å²) in [5, 5.41) is 3.02. The van der Waals surface area contributed by atoms with E-state index in [9.17, 15) is 26.3 Å². The number of nitrogens with one attached hydrogen (secondary N) is 1. The first-order valence-electron chi connectivity index (χ1n) is 6.99. The Kier molecular flexibility index (Phi) is 9.93. The van der Waals surface area contributed by atoms with Crippen molar-refractivity contribution in [3.05, 3.63) is 29.8 Å². The molecule has 2 rings (SSSR count). The van der Waals surface area contributed by atoms with Gasteiger partial charge in [0.2, 0.25) is 0 Å². The van der Waals surface area contributed by atoms with Gasteiger partial charge in [0.05, 0.1) is 6.04 Å². The third-order valence-electron chi connectivity index (χ3n) is 3.49. The molecule has 25 heavy (non-hydrogen) atoms. The lowest BCUT2D eigenvalue weighted by molar-refractivity contribution is -0.253. The summed E-state index contributed by atoms with van der Waals surface area (Å²) in [5.41, 5.74) is 0.0458. The Bertz CT molecular complexity index is 518. The molecule has 0 bridgehead atoms. The van der Waals surface area contributed by atoms with Crippen LogP contribution in [0.2, 0.25) is 0 Å². The van der Waals surface area contributed by atoms with Crippen LogP contribution >= 0.6 is 24.8 Å². The molecule has 0 unspecified atom stereocenters. The molecule has 1 aromatic rings. The molecule has 1 aromatic carbocycles. The average Bonchev–Trinajstić information content (AvgIpc) is 2.48. The van der Waals surface area contributed by atoms with Crippen LogP contribution in [0.1, 0.15) is 11.6 Å². The summed E-state index contributed by atoms with van der Waals surface area (Å²) in [6, 6.07) is 3.24. The van der Waals surface area contributed by atoms with E-state index in [1.807, 2.05) is 0 Å². The Hall–Kier alpha value is -0.900. The first-order chi connectivity index (χ1) is 10.8. The number of ether oxygens (including phenoxy) is 1. The fourth-order valence-corrected chi connectivity index (χ4v) is 2.44. The molecule has 1 aliphatic rings. The molecule has 1 aliphatic heterocycles. The average molecular weight is 415 g/mol. The highest BCUT2D eigenvalue weighted by Crippen LogP contribution is 2.33. The van der Waals surface area contributed by atoms with E-state index in [0.717, 1.165) is 12.1 Å². The molecule has 3 nitrogen and oxygen atoms in total. The Balaban J connectivity index is 0.00000288. The van der Waals surface area contributed by atoms with E-state index < -0.39 is 30.8 Å². The van der Waals surface area contributed by atoms with Crippen LogP contribution in [-0.2, 0) is 0 Å². The lowest BCUT2D eigenvalue weighted by Gasteiger charge is -2.34. The van der Waals surface area contributed by atoms with Crippen molar-refractivity contribution in [3.63, 3.8) is 0 Å². The Morgan fingerprint density at radius 1 is 1.04 bits per heavy atom. The molecule has 1 fully saturated rings. The number of alkyl halides is 6. The summed E-state index contributed by atoms with van der Waals surface area (Å²) >= 11 is 0. The van der Waals surface area contributed by atoms with Crippen LogP contribution in [0.4, 0.5) is 26.3 Å². The van der Waals surface area contributed by atoms with E-state index in [-0.39, 0.29) is 30.4 Å². The van der Waals surface area contributed by atoms with E-state index in [1.165, 1.54) is 17.0 Å². The second-order valence-corrected chi connectivity index (χ2v) is 5.10. The molecule has 1 heterocycles. The van der Waals surface area contributed by atoms with Crippen LogP contribution < -0.4 is 10.1 Å². The Morgan fingerprint density at radius 3 is 2.16 bits per heavy atom. The number of nitrogens with zero attached hydrogens (tertiary/aromatic N) is 1. The fourth-order valence-electron chi connectivity index (χ4n) is 2.44. The van der Waals surface area contributed by atoms with Crippen molar-refractivity contribution < 1.29 is 31.1 Å². The van der Waals surface area contributed by atoms with E-state index in [2.05, 4.69) is 10.1 Å². The minimum absolute atomic E-state index is 0. The van der Waals surface area contributed by atoms with E-state index in [4.69, 9.17) is 0 Å². The molecule has 0 aromatic heterocycles. The predicted octanol–water partition coefficient (Wildman–Crippen LogP) is 3.98. The first-order valence-corrected chi connectivity index (χ1v) is 6.99. The lowest BCUT2D eigenvalue weighted by Crippen LogP contribution is -2.46. The molecule has 0 amide bonds. The number of halogens is 8. The quantitative estimate of drug-likeness (QED) is 0.712. The summed E-state index contributed by atoms with van der Waals surface area (Å²) in [4.78, 5) is 1.52. The normalized spacial score (nSPS) is 17.0. The van der Waals surface area contributed by atoms with Crippen molar-refractivity contribution in [1.82, 2.24) is 10.2 Å². The van der Waals surface area contributed by atoms with Gasteiger partial charge in [0.1, 0.15) is 5.75 Å². The molecule has 0 radical (unpaired) electrons. The molecule has 0 spiro atoms. The molecular weight excluding hydrogens is 397 g/mol. The van der Waals surface area contributed by atoms with E-state index >= 15 is 0 Å². The maximum absolute atomic E-state index is 13.4. The number of rotatable bonds is 6. The maximum atomic E-state index is 13.4. The number of hydrogen-bond acceptors (Lipinski definition) is 3. The smallest absolute Gasteiger partial charge is 0.428 e. The van der Waals surface area contributed by atoms with Crippen LogP contribution in [0, 0.1) is 0 Å². The van der Waals surface area contributed by atoms with Gasteiger partial charge in [-0.1, -0.05) is 12.1 Å². The molecule has 11 heteroatoms. The lowest BCUT2D eigenvalue weighted by atomic mass is 10.0. The highest BCUT2D eigenvalue weighted by atomic mass is 35.5. The number of piperazine rings is 1. The highest BCUT2D eigenvalue weighted by molar-refractivity contribution is 5.85. The number of benzene rings is 1. The third-order valence-corrected chi connectivity index (χ3v) is 3.49. The van der Waals surface area contributed by atoms with Crippen LogP contribution in [0.25, 0.3) is 0 Å². The Morgan fingerprint density at radius 2 is 1.64 bits per heavy atom. The number of hydrogen-bond donors (Lipinski definition) is 1. The predicted molar refractivity (Wildman–Crippen MR) is 85.7 cm³/mol. The van der Waals surface area contributed by atoms with Crippen molar-refractivity contribution in [1.29, 1.82) is 0 Å². The van der Waals surface area contributed by atoms with Gasteiger partial charge in [0, 0.05) is 26.2 Å². The molecule has 1 saturated heterocycles. The maximum Gasteiger partial charge on any atom is 0.461 e. The minimum atomic E-state index is -4.67. The van der Waals surface area contributed by atoms with E-state index in [1.54, 1.807) is 0 Å². The third kappa shape index (κ3) is 6.40. The van der Waals surface area contributed by atoms with Gasteiger partial charge in [0.15, 0.2) is 0 Å². The van der Waals surface area contributed by atoms with Crippen molar-refractivity contribution in [3.8, 4) is 5.75 Å². The highest BCUT2D eigenvalue weighted by Gasteiger charge is 2.44. The zero-order valence-corrected chi connectivity index (χ0v) is 14.4. The van der Waals surface area contributed by atoms with Crippen LogP contribution in [0.3, 0.4) is 0 Å². The van der Waals surface area contributed by atoms with E-state index in [0.29, 0.717) is 26.2 Å². The first kappa shape index (κ1) is 24.1. The van der Waals surface area contributed by atoms with Gasteiger partial charge in [-0.05, 0) is 17.7 Å². The largest absolute Gasteiger partial charge is 0.461 e. The van der Waals surface area contributed by atoms with Crippen LogP contribution in [0.5, 0.6) is 5.75 Å². The zero-order chi connectivity index (χ0) is 17.0. The SMILES string of the molecule is Cl.Cl.FC(F)[C@H](c1cccc(OC(F)(F)C(F)F)c1)N1CCNCC1. The van der Waals surface area contributed by atoms with Crippen LogP contribution in [-0.4, -0.2) is 50.0 Å². The standard InChI is InChI=1S/C14H16F6N2O.2ClH/c15-12(16)11(22-6-4-21-5-7-22)9-2-1-3-10(8-9)23-14(19,20)13(17)18;;/h1-3,8,11-13,21H,4-7H2;2*1H/t11-;;/m0../s1. The van der Waals surface area contributed by atoms with Gasteiger partial charge in [-0.3, -0.25) is 4.90 Å². The van der Waals surface area contributed by atoms with Crippen LogP contribution in [0.15, 0.2) is 24.3 Å². The molecule has 0 aliphatic carbocycles. The topological polar surface area (TPSA) is 24.5 Å². The molecular formula is C14H18Cl2F6N2O. The van der Waals surface area contributed by atoms with Gasteiger partial charge in [0.25, 0.3) is 6.43 Å². The summed E-state index contributed by atoms with van der Waals surface area (Å²) in [5.74, 6) is -0.575. The Labute approximate surface area is 153 Å². The summed E-state index contributed by atoms with van der Waals surface area (Å²) < 4.78 is 81.0. The second kappa shape index (κ2) is 10.3. The van der Waals surface area contributed by atoms with Crippen molar-refractivity contribution in [2.24, 2.45) is 0 Å². The van der Waals surface area contributed by atoms with Gasteiger partial charge >= 0.3 is 12.5 Å². The van der Waals surface area contributed by atoms with Crippen molar-refractivity contribution in [2.75, 3.05) is 26.2 Å². The van der Waals surface area contributed by atoms with Gasteiger partial charge in [-0.25, -0.2) is 8.78 Å². The van der Waals surface area contributed by atoms with Gasteiger partial charge in [-0.2, -0.15) is 17.6 Å².